The lowest BCUT2D eigenvalue weighted by molar-refractivity contribution is 0.324. The third-order valence-corrected chi connectivity index (χ3v) is 2.47. The van der Waals surface area contributed by atoms with Gasteiger partial charge in [-0.15, -0.1) is 0 Å². The SMILES string of the molecule is COc1cc(C(N)C(C)(C)C)ccc1F. The highest BCUT2D eigenvalue weighted by atomic mass is 19.1. The van der Waals surface area contributed by atoms with E-state index in [1.165, 1.54) is 13.2 Å². The Kier molecular flexibility index (Phi) is 3.35. The fourth-order valence-corrected chi connectivity index (χ4v) is 1.37. The molecule has 2 nitrogen and oxygen atoms in total. The van der Waals surface area contributed by atoms with Crippen molar-refractivity contribution in [2.24, 2.45) is 11.1 Å². The Bertz CT molecular complexity index is 344. The van der Waals surface area contributed by atoms with Crippen molar-refractivity contribution in [2.75, 3.05) is 7.11 Å². The molecule has 0 aliphatic heterocycles. The number of rotatable bonds is 2. The Morgan fingerprint density at radius 3 is 2.40 bits per heavy atom. The zero-order valence-electron chi connectivity index (χ0n) is 9.67. The molecule has 0 heterocycles. The van der Waals surface area contributed by atoms with E-state index in [9.17, 15) is 4.39 Å². The van der Waals surface area contributed by atoms with E-state index in [-0.39, 0.29) is 23.0 Å². The molecule has 0 radical (unpaired) electrons. The van der Waals surface area contributed by atoms with E-state index in [0.29, 0.717) is 0 Å². The van der Waals surface area contributed by atoms with Crippen molar-refractivity contribution in [3.63, 3.8) is 0 Å². The van der Waals surface area contributed by atoms with Crippen LogP contribution in [0.2, 0.25) is 0 Å². The standard InChI is InChI=1S/C12H18FNO/c1-12(2,3)11(14)8-5-6-9(13)10(7-8)15-4/h5-7,11H,14H2,1-4H3. The van der Waals surface area contributed by atoms with Crippen molar-refractivity contribution >= 4 is 0 Å². The molecule has 0 saturated heterocycles. The van der Waals surface area contributed by atoms with E-state index < -0.39 is 0 Å². The Labute approximate surface area is 90.2 Å². The summed E-state index contributed by atoms with van der Waals surface area (Å²) < 4.78 is 18.1. The second kappa shape index (κ2) is 4.19. The fraction of sp³-hybridized carbons (Fsp3) is 0.500. The van der Waals surface area contributed by atoms with Crippen LogP contribution in [0, 0.1) is 11.2 Å². The van der Waals surface area contributed by atoms with Crippen molar-refractivity contribution in [3.8, 4) is 5.75 Å². The zero-order valence-corrected chi connectivity index (χ0v) is 9.67. The van der Waals surface area contributed by atoms with Gasteiger partial charge in [-0.05, 0) is 23.1 Å². The Morgan fingerprint density at radius 2 is 1.93 bits per heavy atom. The molecule has 1 aromatic carbocycles. The zero-order chi connectivity index (χ0) is 11.6. The van der Waals surface area contributed by atoms with Crippen molar-refractivity contribution in [1.82, 2.24) is 0 Å². The van der Waals surface area contributed by atoms with Gasteiger partial charge in [0.1, 0.15) is 0 Å². The van der Waals surface area contributed by atoms with Crippen LogP contribution in [0.4, 0.5) is 4.39 Å². The van der Waals surface area contributed by atoms with E-state index in [4.69, 9.17) is 10.5 Å². The molecule has 0 aliphatic carbocycles. The van der Waals surface area contributed by atoms with Gasteiger partial charge in [0.2, 0.25) is 0 Å². The molecule has 0 saturated carbocycles. The molecule has 2 N–H and O–H groups in total. The van der Waals surface area contributed by atoms with Gasteiger partial charge in [-0.25, -0.2) is 4.39 Å². The number of methoxy groups -OCH3 is 1. The molecular weight excluding hydrogens is 193 g/mol. The maximum Gasteiger partial charge on any atom is 0.165 e. The first kappa shape index (κ1) is 12.0. The van der Waals surface area contributed by atoms with E-state index >= 15 is 0 Å². The molecule has 0 aromatic heterocycles. The highest BCUT2D eigenvalue weighted by Crippen LogP contribution is 2.32. The lowest BCUT2D eigenvalue weighted by Crippen LogP contribution is -2.26. The van der Waals surface area contributed by atoms with Crippen LogP contribution < -0.4 is 10.5 Å². The first-order valence-corrected chi connectivity index (χ1v) is 4.95. The average Bonchev–Trinajstić information content (AvgIpc) is 2.16. The summed E-state index contributed by atoms with van der Waals surface area (Å²) in [5, 5.41) is 0. The highest BCUT2D eigenvalue weighted by Gasteiger charge is 2.23. The van der Waals surface area contributed by atoms with Gasteiger partial charge in [0.25, 0.3) is 0 Å². The molecule has 3 heteroatoms. The van der Waals surface area contributed by atoms with Gasteiger partial charge in [0, 0.05) is 6.04 Å². The predicted octanol–water partition coefficient (Wildman–Crippen LogP) is 2.88. The number of benzene rings is 1. The van der Waals surface area contributed by atoms with Crippen LogP contribution in [0.3, 0.4) is 0 Å². The summed E-state index contributed by atoms with van der Waals surface area (Å²) in [6, 6.07) is 4.62. The molecule has 1 unspecified atom stereocenters. The molecule has 1 aromatic rings. The lowest BCUT2D eigenvalue weighted by Gasteiger charge is -2.27. The molecule has 0 fully saturated rings. The summed E-state index contributed by atoms with van der Waals surface area (Å²) in [7, 11) is 1.45. The van der Waals surface area contributed by atoms with Crippen LogP contribution >= 0.6 is 0 Å². The summed E-state index contributed by atoms with van der Waals surface area (Å²) in [4.78, 5) is 0. The molecule has 84 valence electrons. The smallest absolute Gasteiger partial charge is 0.165 e. The van der Waals surface area contributed by atoms with Gasteiger partial charge in [0.05, 0.1) is 7.11 Å². The molecule has 0 spiro atoms. The van der Waals surface area contributed by atoms with Gasteiger partial charge < -0.3 is 10.5 Å². The molecule has 0 amide bonds. The fourth-order valence-electron chi connectivity index (χ4n) is 1.37. The van der Waals surface area contributed by atoms with E-state index in [1.54, 1.807) is 12.1 Å². The summed E-state index contributed by atoms with van der Waals surface area (Å²) >= 11 is 0. The van der Waals surface area contributed by atoms with E-state index in [2.05, 4.69) is 0 Å². The van der Waals surface area contributed by atoms with Crippen LogP contribution in [0.15, 0.2) is 18.2 Å². The third kappa shape index (κ3) is 2.69. The second-order valence-electron chi connectivity index (χ2n) is 4.74. The number of hydrogen-bond donors (Lipinski definition) is 1. The van der Waals surface area contributed by atoms with Gasteiger partial charge in [0.15, 0.2) is 11.6 Å². The minimum atomic E-state index is -0.359. The Morgan fingerprint density at radius 1 is 1.33 bits per heavy atom. The number of nitrogens with two attached hydrogens (primary N) is 1. The first-order valence-electron chi connectivity index (χ1n) is 4.95. The predicted molar refractivity (Wildman–Crippen MR) is 59.3 cm³/mol. The quantitative estimate of drug-likeness (QED) is 0.816. The van der Waals surface area contributed by atoms with Crippen molar-refractivity contribution in [1.29, 1.82) is 0 Å². The van der Waals surface area contributed by atoms with Crippen LogP contribution in [0.25, 0.3) is 0 Å². The summed E-state index contributed by atoms with van der Waals surface area (Å²) in [6.45, 7) is 6.15. The molecule has 15 heavy (non-hydrogen) atoms. The minimum Gasteiger partial charge on any atom is -0.494 e. The number of ether oxygens (including phenoxy) is 1. The molecule has 0 bridgehead atoms. The normalized spacial score (nSPS) is 13.7. The van der Waals surface area contributed by atoms with Crippen LogP contribution in [-0.4, -0.2) is 7.11 Å². The number of hydrogen-bond acceptors (Lipinski definition) is 2. The van der Waals surface area contributed by atoms with Crippen molar-refractivity contribution in [2.45, 2.75) is 26.8 Å². The second-order valence-corrected chi connectivity index (χ2v) is 4.74. The largest absolute Gasteiger partial charge is 0.494 e. The minimum absolute atomic E-state index is 0.0527. The maximum atomic E-state index is 13.2. The average molecular weight is 211 g/mol. The number of halogens is 1. The Hall–Kier alpha value is -1.09. The van der Waals surface area contributed by atoms with E-state index in [1.807, 2.05) is 20.8 Å². The third-order valence-electron chi connectivity index (χ3n) is 2.47. The van der Waals surface area contributed by atoms with E-state index in [0.717, 1.165) is 5.56 Å². The molecule has 0 aliphatic rings. The van der Waals surface area contributed by atoms with Gasteiger partial charge >= 0.3 is 0 Å². The molecule has 1 rings (SSSR count). The van der Waals surface area contributed by atoms with Crippen LogP contribution in [0.5, 0.6) is 5.75 Å². The first-order chi connectivity index (χ1) is 6.86. The van der Waals surface area contributed by atoms with Crippen LogP contribution in [0.1, 0.15) is 32.4 Å². The molecule has 1 atom stereocenters. The maximum absolute atomic E-state index is 13.2. The summed E-state index contributed by atoms with van der Waals surface area (Å²) in [5.74, 6) is -0.116. The summed E-state index contributed by atoms with van der Waals surface area (Å²) in [6.07, 6.45) is 0. The lowest BCUT2D eigenvalue weighted by atomic mass is 9.83. The topological polar surface area (TPSA) is 35.2 Å². The van der Waals surface area contributed by atoms with Gasteiger partial charge in [-0.2, -0.15) is 0 Å². The molecular formula is C12H18FNO. The van der Waals surface area contributed by atoms with Crippen molar-refractivity contribution in [3.05, 3.63) is 29.6 Å². The van der Waals surface area contributed by atoms with Gasteiger partial charge in [-0.3, -0.25) is 0 Å². The van der Waals surface area contributed by atoms with Gasteiger partial charge in [-0.1, -0.05) is 26.8 Å². The Balaban J connectivity index is 3.06. The monoisotopic (exact) mass is 211 g/mol. The van der Waals surface area contributed by atoms with Crippen molar-refractivity contribution < 1.29 is 9.13 Å². The highest BCUT2D eigenvalue weighted by molar-refractivity contribution is 5.32. The van der Waals surface area contributed by atoms with Crippen LogP contribution in [-0.2, 0) is 0 Å². The summed E-state index contributed by atoms with van der Waals surface area (Å²) in [5.41, 5.74) is 6.90.